The molecule has 2 nitrogen and oxygen atoms in total. The molecule has 1 atom stereocenters. The van der Waals surface area contributed by atoms with E-state index in [4.69, 9.17) is 11.6 Å². The van der Waals surface area contributed by atoms with Crippen molar-refractivity contribution in [3.63, 3.8) is 0 Å². The van der Waals surface area contributed by atoms with Gasteiger partial charge in [0.15, 0.2) is 0 Å². The van der Waals surface area contributed by atoms with E-state index in [9.17, 15) is 4.21 Å². The van der Waals surface area contributed by atoms with Gasteiger partial charge in [-0.1, -0.05) is 29.8 Å². The number of hydrogen-bond donors (Lipinski definition) is 0. The first-order valence-electron chi connectivity index (χ1n) is 6.47. The van der Waals surface area contributed by atoms with Crippen LogP contribution >= 0.6 is 11.6 Å². The molecule has 0 saturated heterocycles. The highest BCUT2D eigenvalue weighted by Crippen LogP contribution is 2.16. The van der Waals surface area contributed by atoms with Crippen molar-refractivity contribution in [2.75, 3.05) is 5.88 Å². The third-order valence-electron chi connectivity index (χ3n) is 2.65. The number of hydrogen-bond acceptors (Lipinski definition) is 1. The largest absolute Gasteiger partial charge is 0.234 e. The van der Waals surface area contributed by atoms with E-state index in [1.165, 1.54) is 5.56 Å². The Morgan fingerprint density at radius 2 is 1.84 bits per heavy atom. The summed E-state index contributed by atoms with van der Waals surface area (Å²) in [4.78, 5) is 0. The SMILES string of the molecule is Cc1ccc(C(CCCCl)=NS(=O)C(C)(C)C)cc1. The van der Waals surface area contributed by atoms with Crippen LogP contribution in [0.15, 0.2) is 28.7 Å². The molecule has 0 bridgehead atoms. The Balaban J connectivity index is 3.04. The van der Waals surface area contributed by atoms with Crippen LogP contribution in [-0.4, -0.2) is 20.5 Å². The van der Waals surface area contributed by atoms with Gasteiger partial charge in [0.2, 0.25) is 0 Å². The number of alkyl halides is 1. The fraction of sp³-hybridized carbons (Fsp3) is 0.533. The van der Waals surface area contributed by atoms with Gasteiger partial charge in [-0.2, -0.15) is 4.40 Å². The fourth-order valence-corrected chi connectivity index (χ4v) is 2.26. The van der Waals surface area contributed by atoms with Crippen molar-refractivity contribution >= 4 is 28.3 Å². The molecule has 0 saturated carbocycles. The predicted molar refractivity (Wildman–Crippen MR) is 85.6 cm³/mol. The van der Waals surface area contributed by atoms with Gasteiger partial charge in [-0.25, -0.2) is 4.21 Å². The van der Waals surface area contributed by atoms with Crippen molar-refractivity contribution < 1.29 is 4.21 Å². The van der Waals surface area contributed by atoms with Gasteiger partial charge in [-0.3, -0.25) is 0 Å². The molecular formula is C15H22ClNOS. The Bertz CT molecular complexity index is 460. The second-order valence-electron chi connectivity index (χ2n) is 5.56. The number of benzene rings is 1. The molecule has 0 aliphatic heterocycles. The highest BCUT2D eigenvalue weighted by molar-refractivity contribution is 7.85. The van der Waals surface area contributed by atoms with E-state index in [-0.39, 0.29) is 4.75 Å². The van der Waals surface area contributed by atoms with Gasteiger partial charge in [-0.05, 0) is 46.1 Å². The lowest BCUT2D eigenvalue weighted by Gasteiger charge is -2.15. The maximum Gasteiger partial charge on any atom is 0.145 e. The average molecular weight is 300 g/mol. The normalized spacial score (nSPS) is 14.5. The van der Waals surface area contributed by atoms with Gasteiger partial charge in [0, 0.05) is 5.88 Å². The van der Waals surface area contributed by atoms with Crippen LogP contribution in [0.4, 0.5) is 0 Å². The Hall–Kier alpha value is -0.670. The Morgan fingerprint density at radius 1 is 1.26 bits per heavy atom. The summed E-state index contributed by atoms with van der Waals surface area (Å²) in [6.45, 7) is 7.84. The van der Waals surface area contributed by atoms with Crippen molar-refractivity contribution in [1.82, 2.24) is 0 Å². The standard InChI is InChI=1S/C15H22ClNOS/c1-12-7-9-13(10-8-12)14(6-5-11-16)17-19(18)15(2,3)4/h7-10H,5-6,11H2,1-4H3. The van der Waals surface area contributed by atoms with E-state index < -0.39 is 11.0 Å². The van der Waals surface area contributed by atoms with E-state index in [1.807, 2.05) is 52.0 Å². The van der Waals surface area contributed by atoms with Crippen LogP contribution in [0.2, 0.25) is 0 Å². The van der Waals surface area contributed by atoms with Crippen molar-refractivity contribution in [3.8, 4) is 0 Å². The average Bonchev–Trinajstić information content (AvgIpc) is 2.34. The van der Waals surface area contributed by atoms with Crippen LogP contribution in [0.25, 0.3) is 0 Å². The lowest BCUT2D eigenvalue weighted by molar-refractivity contribution is 0.650. The van der Waals surface area contributed by atoms with Crippen molar-refractivity contribution in [3.05, 3.63) is 35.4 Å². The van der Waals surface area contributed by atoms with Gasteiger partial charge < -0.3 is 0 Å². The summed E-state index contributed by atoms with van der Waals surface area (Å²) >= 11 is 5.75. The second-order valence-corrected chi connectivity index (χ2v) is 7.84. The van der Waals surface area contributed by atoms with Crippen LogP contribution in [-0.2, 0) is 11.0 Å². The molecule has 1 rings (SSSR count). The lowest BCUT2D eigenvalue weighted by atomic mass is 10.0. The molecule has 0 aliphatic rings. The summed E-state index contributed by atoms with van der Waals surface area (Å²) in [5.41, 5.74) is 3.12. The first-order chi connectivity index (χ1) is 8.84. The van der Waals surface area contributed by atoms with E-state index in [1.54, 1.807) is 0 Å². The zero-order chi connectivity index (χ0) is 14.5. The lowest BCUT2D eigenvalue weighted by Crippen LogP contribution is -2.21. The maximum absolute atomic E-state index is 12.2. The van der Waals surface area contributed by atoms with Crippen molar-refractivity contribution in [1.29, 1.82) is 0 Å². The van der Waals surface area contributed by atoms with Crippen LogP contribution < -0.4 is 0 Å². The first kappa shape index (κ1) is 16.4. The fourth-order valence-electron chi connectivity index (χ4n) is 1.46. The molecule has 1 aromatic rings. The van der Waals surface area contributed by atoms with Gasteiger partial charge in [0.25, 0.3) is 0 Å². The van der Waals surface area contributed by atoms with Crippen LogP contribution in [0.3, 0.4) is 0 Å². The van der Waals surface area contributed by atoms with Gasteiger partial charge in [-0.15, -0.1) is 11.6 Å². The van der Waals surface area contributed by atoms with E-state index in [0.717, 1.165) is 24.1 Å². The molecule has 0 heterocycles. The zero-order valence-corrected chi connectivity index (χ0v) is 13.6. The predicted octanol–water partition coefficient (Wildman–Crippen LogP) is 4.27. The molecule has 1 unspecified atom stereocenters. The number of aryl methyl sites for hydroxylation is 1. The van der Waals surface area contributed by atoms with Crippen LogP contribution in [0.1, 0.15) is 44.7 Å². The molecule has 0 spiro atoms. The van der Waals surface area contributed by atoms with E-state index >= 15 is 0 Å². The molecule has 0 amide bonds. The van der Waals surface area contributed by atoms with Crippen LogP contribution in [0.5, 0.6) is 0 Å². The zero-order valence-electron chi connectivity index (χ0n) is 12.1. The highest BCUT2D eigenvalue weighted by atomic mass is 35.5. The van der Waals surface area contributed by atoms with Crippen molar-refractivity contribution in [2.24, 2.45) is 4.40 Å². The summed E-state index contributed by atoms with van der Waals surface area (Å²) in [5.74, 6) is 0.590. The Kier molecular flexibility index (Phi) is 6.21. The molecule has 4 heteroatoms. The van der Waals surface area contributed by atoms with E-state index in [2.05, 4.69) is 4.40 Å². The molecule has 0 fully saturated rings. The minimum Gasteiger partial charge on any atom is -0.234 e. The molecule has 0 radical (unpaired) electrons. The Labute approximate surface area is 123 Å². The third-order valence-corrected chi connectivity index (χ3v) is 4.35. The number of nitrogens with zero attached hydrogens (tertiary/aromatic N) is 1. The molecule has 19 heavy (non-hydrogen) atoms. The Morgan fingerprint density at radius 3 is 2.32 bits per heavy atom. The topological polar surface area (TPSA) is 29.4 Å². The molecule has 1 aromatic carbocycles. The highest BCUT2D eigenvalue weighted by Gasteiger charge is 2.20. The summed E-state index contributed by atoms with van der Waals surface area (Å²) in [6.07, 6.45) is 1.60. The summed E-state index contributed by atoms with van der Waals surface area (Å²) in [7, 11) is -1.23. The molecule has 0 N–H and O–H groups in total. The third kappa shape index (κ3) is 5.45. The van der Waals surface area contributed by atoms with E-state index in [0.29, 0.717) is 5.88 Å². The summed E-state index contributed by atoms with van der Waals surface area (Å²) in [5, 5.41) is 0. The van der Waals surface area contributed by atoms with Crippen LogP contribution in [0, 0.1) is 6.92 Å². The summed E-state index contributed by atoms with van der Waals surface area (Å²) < 4.78 is 16.2. The molecule has 106 valence electrons. The first-order valence-corrected chi connectivity index (χ1v) is 8.11. The smallest absolute Gasteiger partial charge is 0.145 e. The molecule has 0 aliphatic carbocycles. The number of halogens is 1. The monoisotopic (exact) mass is 299 g/mol. The summed E-state index contributed by atoms with van der Waals surface area (Å²) in [6, 6.07) is 8.15. The van der Waals surface area contributed by atoms with Gasteiger partial charge in [0.05, 0.1) is 10.5 Å². The number of rotatable bonds is 5. The quantitative estimate of drug-likeness (QED) is 0.590. The second kappa shape index (κ2) is 7.20. The minimum atomic E-state index is -1.23. The van der Waals surface area contributed by atoms with Gasteiger partial charge in [0.1, 0.15) is 11.0 Å². The van der Waals surface area contributed by atoms with Gasteiger partial charge >= 0.3 is 0 Å². The maximum atomic E-state index is 12.2. The minimum absolute atomic E-state index is 0.336. The molecule has 0 aromatic heterocycles. The van der Waals surface area contributed by atoms with Crippen molar-refractivity contribution in [2.45, 2.75) is 45.3 Å². The molecular weight excluding hydrogens is 278 g/mol.